The summed E-state index contributed by atoms with van der Waals surface area (Å²) in [6.45, 7) is 10.5. The van der Waals surface area contributed by atoms with Crippen molar-refractivity contribution in [2.75, 3.05) is 6.54 Å². The Kier molecular flexibility index (Phi) is 4.66. The first kappa shape index (κ1) is 20.9. The molecule has 4 fully saturated rings. The van der Waals surface area contributed by atoms with Gasteiger partial charge in [-0.3, -0.25) is 0 Å². The van der Waals surface area contributed by atoms with Gasteiger partial charge >= 0.3 is 0 Å². The lowest BCUT2D eigenvalue weighted by atomic mass is 9.56. The van der Waals surface area contributed by atoms with Crippen LogP contribution in [0.15, 0.2) is 22.8 Å². The number of hydrogen-bond donors (Lipinski definition) is 3. The van der Waals surface area contributed by atoms with Crippen molar-refractivity contribution in [2.45, 2.75) is 103 Å². The molecule has 0 aromatic heterocycles. The van der Waals surface area contributed by atoms with Crippen LogP contribution < -0.4 is 5.32 Å². The molecule has 2 aliphatic heterocycles. The molecule has 0 amide bonds. The van der Waals surface area contributed by atoms with Gasteiger partial charge in [-0.1, -0.05) is 32.4 Å². The molecule has 172 valence electrons. The highest BCUT2D eigenvalue weighted by atomic mass is 16.5. The zero-order valence-corrected chi connectivity index (χ0v) is 19.7. The highest BCUT2D eigenvalue weighted by Crippen LogP contribution is 2.65. The average Bonchev–Trinajstić information content (AvgIpc) is 3.18. The van der Waals surface area contributed by atoms with Gasteiger partial charge in [0.2, 0.25) is 0 Å². The fourth-order valence-corrected chi connectivity index (χ4v) is 9.22. The molecular weight excluding hydrogens is 386 g/mol. The number of fused-ring (bicyclic) bond motifs is 6. The standard InChI is InChI=1S/C27H41NO3/c1-14-11-21-24(28-13-14)16(3)27(31-21)10-8-19-20-6-5-17-12-18(29)7-9-26(17,4)23(20)25(30)22(19)15(27)2/h5,14,16,18-21,23-25,28-30H,6-13H2,1-4H3/t14-,16+,18-,19-,20-,21+,23+,24-,25-,26-,27-/m0/s1. The van der Waals surface area contributed by atoms with Crippen LogP contribution in [0.4, 0.5) is 0 Å². The highest BCUT2D eigenvalue weighted by Gasteiger charge is 2.63. The molecule has 0 bridgehead atoms. The second kappa shape index (κ2) is 6.91. The Hall–Kier alpha value is -0.680. The van der Waals surface area contributed by atoms with Crippen molar-refractivity contribution in [3.05, 3.63) is 22.8 Å². The molecule has 31 heavy (non-hydrogen) atoms. The van der Waals surface area contributed by atoms with E-state index >= 15 is 0 Å². The summed E-state index contributed by atoms with van der Waals surface area (Å²) in [5.41, 5.74) is 3.94. The maximum absolute atomic E-state index is 11.9. The van der Waals surface area contributed by atoms with E-state index in [1.165, 1.54) is 16.7 Å². The Morgan fingerprint density at radius 3 is 2.77 bits per heavy atom. The van der Waals surface area contributed by atoms with Gasteiger partial charge in [-0.05, 0) is 92.7 Å². The summed E-state index contributed by atoms with van der Waals surface area (Å²) in [6.07, 6.45) is 9.30. The maximum atomic E-state index is 11.9. The fraction of sp³-hybridized carbons (Fsp3) is 0.852. The summed E-state index contributed by atoms with van der Waals surface area (Å²) >= 11 is 0. The third-order valence-corrected chi connectivity index (χ3v) is 10.9. The van der Waals surface area contributed by atoms with Crippen LogP contribution in [0.5, 0.6) is 0 Å². The van der Waals surface area contributed by atoms with Crippen molar-refractivity contribution in [1.29, 1.82) is 0 Å². The van der Waals surface area contributed by atoms with Crippen molar-refractivity contribution in [3.63, 3.8) is 0 Å². The van der Waals surface area contributed by atoms with E-state index in [2.05, 4.69) is 39.1 Å². The van der Waals surface area contributed by atoms with Crippen molar-refractivity contribution < 1.29 is 14.9 Å². The zero-order valence-electron chi connectivity index (χ0n) is 19.7. The van der Waals surface area contributed by atoms with Crippen LogP contribution in [0, 0.1) is 35.0 Å². The monoisotopic (exact) mass is 427 g/mol. The number of ether oxygens (including phenoxy) is 1. The Labute approximate surface area is 187 Å². The van der Waals surface area contributed by atoms with E-state index in [0.717, 1.165) is 51.5 Å². The second-order valence-electron chi connectivity index (χ2n) is 12.2. The van der Waals surface area contributed by atoms with Crippen molar-refractivity contribution in [2.24, 2.45) is 35.0 Å². The number of aliphatic hydroxyl groups is 2. The molecule has 0 unspecified atom stereocenters. The molecule has 6 aliphatic rings. The minimum Gasteiger partial charge on any atom is -0.393 e. The minimum atomic E-state index is -0.360. The molecule has 11 atom stereocenters. The number of aliphatic hydroxyl groups excluding tert-OH is 2. The van der Waals surface area contributed by atoms with Gasteiger partial charge < -0.3 is 20.3 Å². The number of nitrogens with one attached hydrogen (secondary N) is 1. The lowest BCUT2D eigenvalue weighted by Crippen LogP contribution is -2.49. The molecule has 2 saturated heterocycles. The molecule has 1 spiro atoms. The molecule has 6 rings (SSSR count). The van der Waals surface area contributed by atoms with Gasteiger partial charge in [-0.2, -0.15) is 0 Å². The predicted molar refractivity (Wildman–Crippen MR) is 121 cm³/mol. The summed E-state index contributed by atoms with van der Waals surface area (Å²) in [6, 6.07) is 0.440. The molecular formula is C27H41NO3. The van der Waals surface area contributed by atoms with Crippen molar-refractivity contribution in [3.8, 4) is 0 Å². The summed E-state index contributed by atoms with van der Waals surface area (Å²) in [7, 11) is 0. The first-order chi connectivity index (χ1) is 14.8. The number of hydrogen-bond acceptors (Lipinski definition) is 4. The van der Waals surface area contributed by atoms with Gasteiger partial charge in [-0.15, -0.1) is 0 Å². The molecule has 0 aromatic carbocycles. The van der Waals surface area contributed by atoms with Gasteiger partial charge in [0.05, 0.1) is 23.9 Å². The lowest BCUT2D eigenvalue weighted by molar-refractivity contribution is -0.0552. The third kappa shape index (κ3) is 2.68. The van der Waals surface area contributed by atoms with Crippen molar-refractivity contribution in [1.82, 2.24) is 5.32 Å². The average molecular weight is 428 g/mol. The first-order valence-corrected chi connectivity index (χ1v) is 12.9. The van der Waals surface area contributed by atoms with Crippen LogP contribution in [0.1, 0.15) is 72.6 Å². The molecule has 0 aromatic rings. The first-order valence-electron chi connectivity index (χ1n) is 12.9. The van der Waals surface area contributed by atoms with Crippen LogP contribution >= 0.6 is 0 Å². The number of rotatable bonds is 0. The van der Waals surface area contributed by atoms with Gasteiger partial charge in [-0.25, -0.2) is 0 Å². The third-order valence-electron chi connectivity index (χ3n) is 10.9. The summed E-state index contributed by atoms with van der Waals surface area (Å²) in [4.78, 5) is 0. The van der Waals surface area contributed by atoms with E-state index < -0.39 is 0 Å². The second-order valence-corrected chi connectivity index (χ2v) is 12.2. The number of piperidine rings is 1. The molecule has 2 saturated carbocycles. The summed E-state index contributed by atoms with van der Waals surface area (Å²) in [5.74, 6) is 2.44. The predicted octanol–water partition coefficient (Wildman–Crippen LogP) is 3.97. The zero-order chi connectivity index (χ0) is 21.7. The Bertz CT molecular complexity index is 834. The van der Waals surface area contributed by atoms with Gasteiger partial charge in [0.25, 0.3) is 0 Å². The molecule has 3 N–H and O–H groups in total. The van der Waals surface area contributed by atoms with E-state index in [0.29, 0.717) is 41.7 Å². The smallest absolute Gasteiger partial charge is 0.0938 e. The largest absolute Gasteiger partial charge is 0.393 e. The number of allylic oxidation sites excluding steroid dienone is 1. The van der Waals surface area contributed by atoms with E-state index in [1.807, 2.05) is 0 Å². The van der Waals surface area contributed by atoms with Gasteiger partial charge in [0, 0.05) is 17.9 Å². The fourth-order valence-electron chi connectivity index (χ4n) is 9.22. The summed E-state index contributed by atoms with van der Waals surface area (Å²) in [5, 5.41) is 25.9. The van der Waals surface area contributed by atoms with Gasteiger partial charge in [0.1, 0.15) is 0 Å². The quantitative estimate of drug-likeness (QED) is 0.512. The van der Waals surface area contributed by atoms with Crippen molar-refractivity contribution >= 4 is 0 Å². The molecule has 0 radical (unpaired) electrons. The van der Waals surface area contributed by atoms with Crippen LogP contribution in [-0.4, -0.2) is 46.7 Å². The molecule has 4 aliphatic carbocycles. The highest BCUT2D eigenvalue weighted by molar-refractivity contribution is 5.41. The maximum Gasteiger partial charge on any atom is 0.0938 e. The van der Waals surface area contributed by atoms with E-state index in [9.17, 15) is 10.2 Å². The normalized spacial score (nSPS) is 56.1. The summed E-state index contributed by atoms with van der Waals surface area (Å²) < 4.78 is 6.97. The topological polar surface area (TPSA) is 61.7 Å². The molecule has 4 heteroatoms. The van der Waals surface area contributed by atoms with Crippen LogP contribution in [0.2, 0.25) is 0 Å². The van der Waals surface area contributed by atoms with Crippen LogP contribution in [0.3, 0.4) is 0 Å². The SMILES string of the molecule is CC1=C2[C@@H](CC[C@]13O[C@@H]1C[C@H](C)CN[C@H]1[C@H]3C)[C@@H]1CC=C3C[C@@H](O)CC[C@]3(C)[C@H]1[C@H]2O. The van der Waals surface area contributed by atoms with E-state index in [4.69, 9.17) is 4.74 Å². The van der Waals surface area contributed by atoms with Gasteiger partial charge in [0.15, 0.2) is 0 Å². The minimum absolute atomic E-state index is 0.0342. The Morgan fingerprint density at radius 2 is 1.97 bits per heavy atom. The van der Waals surface area contributed by atoms with Crippen LogP contribution in [-0.2, 0) is 4.74 Å². The molecule has 2 heterocycles. The van der Waals surface area contributed by atoms with E-state index in [-0.39, 0.29) is 23.2 Å². The van der Waals surface area contributed by atoms with Crippen LogP contribution in [0.25, 0.3) is 0 Å². The lowest BCUT2D eigenvalue weighted by Gasteiger charge is -2.49. The Balaban J connectivity index is 1.38. The van der Waals surface area contributed by atoms with E-state index in [1.54, 1.807) is 0 Å². The Morgan fingerprint density at radius 1 is 1.16 bits per heavy atom. The molecule has 4 nitrogen and oxygen atoms in total.